The highest BCUT2D eigenvalue weighted by atomic mass is 16.4. The number of aliphatic carboxylic acids is 1. The van der Waals surface area contributed by atoms with Gasteiger partial charge in [0.05, 0.1) is 5.92 Å². The van der Waals surface area contributed by atoms with Gasteiger partial charge in [-0.1, -0.05) is 42.5 Å². The highest BCUT2D eigenvalue weighted by Crippen LogP contribution is 2.33. The van der Waals surface area contributed by atoms with E-state index < -0.39 is 5.97 Å². The van der Waals surface area contributed by atoms with Crippen molar-refractivity contribution in [2.75, 3.05) is 0 Å². The molecule has 2 nitrogen and oxygen atoms in total. The topological polar surface area (TPSA) is 37.3 Å². The Morgan fingerprint density at radius 3 is 2.67 bits per heavy atom. The molecule has 0 aromatic heterocycles. The predicted molar refractivity (Wildman–Crippen MR) is 58.7 cm³/mol. The molecule has 0 bridgehead atoms. The average molecular weight is 202 g/mol. The third-order valence-electron chi connectivity index (χ3n) is 2.92. The lowest BCUT2D eigenvalue weighted by molar-refractivity contribution is -0.142. The summed E-state index contributed by atoms with van der Waals surface area (Å²) in [6, 6.07) is 9.85. The monoisotopic (exact) mass is 202 g/mol. The summed E-state index contributed by atoms with van der Waals surface area (Å²) < 4.78 is 0. The summed E-state index contributed by atoms with van der Waals surface area (Å²) in [4.78, 5) is 11.1. The molecule has 0 saturated heterocycles. The molecule has 0 aliphatic heterocycles. The second-order valence-corrected chi connectivity index (χ2v) is 3.89. The van der Waals surface area contributed by atoms with Crippen LogP contribution in [0, 0.1) is 5.92 Å². The summed E-state index contributed by atoms with van der Waals surface area (Å²) in [5.74, 6) is -0.914. The normalized spacial score (nSPS) is 25.1. The summed E-state index contributed by atoms with van der Waals surface area (Å²) in [6.45, 7) is 0. The van der Waals surface area contributed by atoms with Crippen LogP contribution in [0.3, 0.4) is 0 Å². The molecule has 0 spiro atoms. The Balaban J connectivity index is 2.29. The number of benzene rings is 1. The Hall–Kier alpha value is -1.57. The molecule has 1 aliphatic carbocycles. The van der Waals surface area contributed by atoms with Crippen LogP contribution >= 0.6 is 0 Å². The van der Waals surface area contributed by atoms with Gasteiger partial charge >= 0.3 is 5.97 Å². The molecule has 0 heterocycles. The number of allylic oxidation sites excluding steroid dienone is 2. The minimum absolute atomic E-state index is 0.0393. The maximum Gasteiger partial charge on any atom is 0.307 e. The molecule has 1 aliphatic rings. The quantitative estimate of drug-likeness (QED) is 0.749. The highest BCUT2D eigenvalue weighted by molar-refractivity contribution is 5.72. The van der Waals surface area contributed by atoms with Crippen molar-refractivity contribution in [3.05, 3.63) is 48.0 Å². The smallest absolute Gasteiger partial charge is 0.307 e. The first-order chi connectivity index (χ1) is 7.29. The SMILES string of the molecule is O=C(O)[C@H]1CCC=CC1c1ccccc1. The van der Waals surface area contributed by atoms with Gasteiger partial charge in [-0.25, -0.2) is 0 Å². The van der Waals surface area contributed by atoms with E-state index in [-0.39, 0.29) is 11.8 Å². The Labute approximate surface area is 89.2 Å². The molecule has 0 radical (unpaired) electrons. The minimum atomic E-state index is -0.687. The van der Waals surface area contributed by atoms with E-state index in [9.17, 15) is 4.79 Å². The molecule has 1 N–H and O–H groups in total. The van der Waals surface area contributed by atoms with Crippen molar-refractivity contribution in [1.29, 1.82) is 0 Å². The van der Waals surface area contributed by atoms with Gasteiger partial charge < -0.3 is 5.11 Å². The number of hydrogen-bond acceptors (Lipinski definition) is 1. The lowest BCUT2D eigenvalue weighted by atomic mass is 9.80. The largest absolute Gasteiger partial charge is 0.481 e. The van der Waals surface area contributed by atoms with Crippen LogP contribution in [-0.4, -0.2) is 11.1 Å². The van der Waals surface area contributed by atoms with Crippen molar-refractivity contribution in [2.45, 2.75) is 18.8 Å². The van der Waals surface area contributed by atoms with Crippen LogP contribution in [0.4, 0.5) is 0 Å². The Morgan fingerprint density at radius 2 is 2.00 bits per heavy atom. The lowest BCUT2D eigenvalue weighted by Gasteiger charge is -2.24. The first-order valence-corrected chi connectivity index (χ1v) is 5.23. The number of rotatable bonds is 2. The molecule has 2 heteroatoms. The van der Waals surface area contributed by atoms with E-state index in [4.69, 9.17) is 5.11 Å². The Bertz CT molecular complexity index is 367. The van der Waals surface area contributed by atoms with Gasteiger partial charge in [-0.2, -0.15) is 0 Å². The van der Waals surface area contributed by atoms with Gasteiger partial charge in [-0.15, -0.1) is 0 Å². The molecule has 1 unspecified atom stereocenters. The van der Waals surface area contributed by atoms with E-state index in [0.29, 0.717) is 0 Å². The Kier molecular flexibility index (Phi) is 2.86. The van der Waals surface area contributed by atoms with Crippen LogP contribution in [0.25, 0.3) is 0 Å². The van der Waals surface area contributed by atoms with Crippen LogP contribution in [0.1, 0.15) is 24.3 Å². The maximum atomic E-state index is 11.1. The van der Waals surface area contributed by atoms with Gasteiger partial charge in [0.15, 0.2) is 0 Å². The predicted octanol–water partition coefficient (Wildman–Crippen LogP) is 2.82. The molecular formula is C13H14O2. The molecule has 2 rings (SSSR count). The highest BCUT2D eigenvalue weighted by Gasteiger charge is 2.28. The fourth-order valence-corrected chi connectivity index (χ4v) is 2.13. The third-order valence-corrected chi connectivity index (χ3v) is 2.92. The zero-order valence-electron chi connectivity index (χ0n) is 8.47. The van der Waals surface area contributed by atoms with Crippen molar-refractivity contribution in [2.24, 2.45) is 5.92 Å². The zero-order valence-corrected chi connectivity index (χ0v) is 8.47. The minimum Gasteiger partial charge on any atom is -0.481 e. The fraction of sp³-hybridized carbons (Fsp3) is 0.308. The van der Waals surface area contributed by atoms with Gasteiger partial charge in [0.25, 0.3) is 0 Å². The van der Waals surface area contributed by atoms with Crippen molar-refractivity contribution in [3.63, 3.8) is 0 Å². The standard InChI is InChI=1S/C13H14O2/c14-13(15)12-9-5-4-8-11(12)10-6-2-1-3-7-10/h1-4,6-8,11-12H,5,9H2,(H,14,15)/t11?,12-/m0/s1. The van der Waals surface area contributed by atoms with E-state index in [1.807, 2.05) is 36.4 Å². The second-order valence-electron chi connectivity index (χ2n) is 3.89. The fourth-order valence-electron chi connectivity index (χ4n) is 2.13. The molecule has 78 valence electrons. The summed E-state index contributed by atoms with van der Waals surface area (Å²) in [5, 5.41) is 9.14. The van der Waals surface area contributed by atoms with Crippen molar-refractivity contribution in [3.8, 4) is 0 Å². The van der Waals surface area contributed by atoms with Crippen LogP contribution in [-0.2, 0) is 4.79 Å². The molecule has 15 heavy (non-hydrogen) atoms. The number of hydrogen-bond donors (Lipinski definition) is 1. The summed E-state index contributed by atoms with van der Waals surface area (Å²) in [7, 11) is 0. The number of carboxylic acid groups (broad SMARTS) is 1. The van der Waals surface area contributed by atoms with E-state index in [1.165, 1.54) is 0 Å². The van der Waals surface area contributed by atoms with Crippen LogP contribution in [0.5, 0.6) is 0 Å². The first-order valence-electron chi connectivity index (χ1n) is 5.23. The van der Waals surface area contributed by atoms with Gasteiger partial charge in [0.1, 0.15) is 0 Å². The average Bonchev–Trinajstić information content (AvgIpc) is 2.30. The van der Waals surface area contributed by atoms with Crippen molar-refractivity contribution in [1.82, 2.24) is 0 Å². The van der Waals surface area contributed by atoms with Crippen molar-refractivity contribution < 1.29 is 9.90 Å². The molecule has 1 aromatic rings. The molecule has 2 atom stereocenters. The van der Waals surface area contributed by atoms with E-state index in [0.717, 1.165) is 18.4 Å². The molecule has 0 saturated carbocycles. The van der Waals surface area contributed by atoms with E-state index >= 15 is 0 Å². The van der Waals surface area contributed by atoms with Crippen molar-refractivity contribution >= 4 is 5.97 Å². The van der Waals surface area contributed by atoms with Crippen LogP contribution in [0.15, 0.2) is 42.5 Å². The lowest BCUT2D eigenvalue weighted by Crippen LogP contribution is -2.22. The summed E-state index contributed by atoms with van der Waals surface area (Å²) in [6.07, 6.45) is 5.72. The van der Waals surface area contributed by atoms with Crippen LogP contribution < -0.4 is 0 Å². The first kappa shape index (κ1) is 9.97. The van der Waals surface area contributed by atoms with E-state index in [2.05, 4.69) is 6.08 Å². The van der Waals surface area contributed by atoms with Gasteiger partial charge in [-0.3, -0.25) is 4.79 Å². The second kappa shape index (κ2) is 4.30. The summed E-state index contributed by atoms with van der Waals surface area (Å²) >= 11 is 0. The number of carboxylic acids is 1. The third kappa shape index (κ3) is 2.09. The van der Waals surface area contributed by atoms with Gasteiger partial charge in [0.2, 0.25) is 0 Å². The molecular weight excluding hydrogens is 188 g/mol. The molecule has 1 aromatic carbocycles. The molecule has 0 amide bonds. The molecule has 0 fully saturated rings. The Morgan fingerprint density at radius 1 is 1.27 bits per heavy atom. The zero-order chi connectivity index (χ0) is 10.7. The van der Waals surface area contributed by atoms with Gasteiger partial charge in [-0.05, 0) is 18.4 Å². The van der Waals surface area contributed by atoms with Gasteiger partial charge in [0, 0.05) is 5.92 Å². The van der Waals surface area contributed by atoms with Crippen LogP contribution in [0.2, 0.25) is 0 Å². The summed E-state index contributed by atoms with van der Waals surface area (Å²) in [5.41, 5.74) is 1.10. The maximum absolute atomic E-state index is 11.1. The van der Waals surface area contributed by atoms with E-state index in [1.54, 1.807) is 0 Å². The number of carbonyl (C=O) groups is 1.